The standard InChI is InChI=1S/C8H12F6NO2.C4H14NSi2.Ca/c1-15(3-4-17-2)5-6(16,7(9,10)11)8(12,13)14;1-6(2)5-7(3)4;/h3-5H2,1-2H3;6-7H,1-4H3;/q2*-1;+2. The van der Waals surface area contributed by atoms with Crippen LogP contribution >= 0.6 is 0 Å². The van der Waals surface area contributed by atoms with Gasteiger partial charge in [0.05, 0.1) is 12.2 Å². The van der Waals surface area contributed by atoms with Gasteiger partial charge in [-0.1, -0.05) is 44.1 Å². The summed E-state index contributed by atoms with van der Waals surface area (Å²) >= 11 is 0. The molecular formula is C12H26CaF6N2O2Si2. The molecule has 0 aliphatic heterocycles. The van der Waals surface area contributed by atoms with Crippen molar-refractivity contribution in [2.24, 2.45) is 0 Å². The number of nitrogens with zero attached hydrogens (tertiary/aromatic N) is 2. The molecule has 0 unspecified atom stereocenters. The van der Waals surface area contributed by atoms with Crippen LogP contribution in [0.3, 0.4) is 0 Å². The van der Waals surface area contributed by atoms with Gasteiger partial charge in [-0.25, -0.2) is 0 Å². The van der Waals surface area contributed by atoms with Crippen molar-refractivity contribution in [1.29, 1.82) is 0 Å². The maximum atomic E-state index is 12.2. The zero-order valence-corrected chi connectivity index (χ0v) is 20.0. The first kappa shape index (κ1) is 30.8. The number of hydrogen-bond acceptors (Lipinski definition) is 3. The largest absolute Gasteiger partial charge is 2.00 e. The summed E-state index contributed by atoms with van der Waals surface area (Å²) in [6.07, 6.45) is -11.8. The van der Waals surface area contributed by atoms with E-state index in [4.69, 9.17) is 0 Å². The van der Waals surface area contributed by atoms with E-state index >= 15 is 0 Å². The monoisotopic (exact) mass is 440 g/mol. The Hall–Kier alpha value is 1.11. The van der Waals surface area contributed by atoms with Crippen molar-refractivity contribution in [1.82, 2.24) is 4.90 Å². The van der Waals surface area contributed by atoms with E-state index in [9.17, 15) is 31.4 Å². The van der Waals surface area contributed by atoms with Gasteiger partial charge < -0.3 is 19.4 Å². The van der Waals surface area contributed by atoms with Crippen LogP contribution in [-0.2, 0) is 4.74 Å². The summed E-state index contributed by atoms with van der Waals surface area (Å²) in [5.74, 6) is 0. The Morgan fingerprint density at radius 2 is 1.32 bits per heavy atom. The van der Waals surface area contributed by atoms with Crippen molar-refractivity contribution in [3.05, 3.63) is 4.65 Å². The van der Waals surface area contributed by atoms with Crippen molar-refractivity contribution >= 4 is 55.7 Å². The molecule has 0 aromatic carbocycles. The van der Waals surface area contributed by atoms with Gasteiger partial charge in [0, 0.05) is 20.2 Å². The van der Waals surface area contributed by atoms with Crippen LogP contribution in [0.1, 0.15) is 0 Å². The fourth-order valence-corrected chi connectivity index (χ4v) is 6.41. The zero-order valence-electron chi connectivity index (χ0n) is 15.5. The fourth-order valence-electron chi connectivity index (χ4n) is 1.64. The van der Waals surface area contributed by atoms with Gasteiger partial charge in [-0.15, -0.1) is 0 Å². The summed E-state index contributed by atoms with van der Waals surface area (Å²) in [5.41, 5.74) is -4.98. The minimum Gasteiger partial charge on any atom is -0.835 e. The van der Waals surface area contributed by atoms with E-state index in [-0.39, 0.29) is 50.9 Å². The molecule has 0 aromatic rings. The smallest absolute Gasteiger partial charge is 0.835 e. The summed E-state index contributed by atoms with van der Waals surface area (Å²) in [6, 6.07) is 0. The second kappa shape index (κ2) is 13.3. The summed E-state index contributed by atoms with van der Waals surface area (Å²) in [4.78, 5) is 0.636. The Kier molecular flexibility index (Phi) is 16.4. The fraction of sp³-hybridized carbons (Fsp3) is 1.00. The van der Waals surface area contributed by atoms with Crippen molar-refractivity contribution in [2.45, 2.75) is 44.1 Å². The normalized spacial score (nSPS) is 13.0. The Morgan fingerprint density at radius 3 is 1.52 bits per heavy atom. The van der Waals surface area contributed by atoms with E-state index in [0.717, 1.165) is 7.05 Å². The second-order valence-electron chi connectivity index (χ2n) is 5.89. The number of rotatable bonds is 7. The molecule has 0 saturated carbocycles. The van der Waals surface area contributed by atoms with Gasteiger partial charge >= 0.3 is 50.1 Å². The first-order chi connectivity index (χ1) is 10.6. The Balaban J connectivity index is -0.000000513. The van der Waals surface area contributed by atoms with Gasteiger partial charge in [0.1, 0.15) is 0 Å². The van der Waals surface area contributed by atoms with Gasteiger partial charge in [-0.3, -0.25) is 0 Å². The van der Waals surface area contributed by atoms with Crippen LogP contribution in [0.25, 0.3) is 4.65 Å². The zero-order chi connectivity index (χ0) is 19.8. The molecule has 0 aliphatic carbocycles. The summed E-state index contributed by atoms with van der Waals surface area (Å²) in [5, 5.41) is 11.0. The predicted molar refractivity (Wildman–Crippen MR) is 91.1 cm³/mol. The third kappa shape index (κ3) is 13.0. The number of hydrogen-bond donors (Lipinski definition) is 0. The van der Waals surface area contributed by atoms with Crippen LogP contribution in [0.15, 0.2) is 0 Å². The summed E-state index contributed by atoms with van der Waals surface area (Å²) < 4.78 is 82.2. The molecule has 0 bridgehead atoms. The average molecular weight is 441 g/mol. The van der Waals surface area contributed by atoms with Crippen molar-refractivity contribution in [2.75, 3.05) is 33.9 Å². The molecule has 4 nitrogen and oxygen atoms in total. The van der Waals surface area contributed by atoms with Crippen LogP contribution in [0.4, 0.5) is 26.3 Å². The maximum Gasteiger partial charge on any atom is 2.00 e. The number of ether oxygens (including phenoxy) is 1. The minimum atomic E-state index is -5.90. The first-order valence-electron chi connectivity index (χ1n) is 7.29. The maximum absolute atomic E-state index is 12.2. The molecule has 0 fully saturated rings. The van der Waals surface area contributed by atoms with Crippen molar-refractivity contribution in [3.63, 3.8) is 0 Å². The van der Waals surface area contributed by atoms with Crippen LogP contribution in [0.5, 0.6) is 0 Å². The molecule has 0 aromatic heterocycles. The van der Waals surface area contributed by atoms with Crippen molar-refractivity contribution in [3.8, 4) is 0 Å². The molecule has 0 atom stereocenters. The van der Waals surface area contributed by atoms with E-state index in [2.05, 4.69) is 35.6 Å². The predicted octanol–water partition coefficient (Wildman–Crippen LogP) is 1.73. The molecule has 0 heterocycles. The third-order valence-electron chi connectivity index (χ3n) is 2.68. The quantitative estimate of drug-likeness (QED) is 0.448. The molecule has 0 aliphatic rings. The topological polar surface area (TPSA) is 49.6 Å². The second-order valence-corrected chi connectivity index (χ2v) is 11.5. The van der Waals surface area contributed by atoms with Gasteiger partial charge in [0.15, 0.2) is 0 Å². The number of alkyl halides is 6. The molecule has 0 rings (SSSR count). The SMILES string of the molecule is COCCN(C)CC([O-])(C(F)(F)F)C(F)(F)F.C[SiH](C)[N-][SiH](C)C.[Ca+2]. The van der Waals surface area contributed by atoms with E-state index in [1.807, 2.05) is 0 Å². The first-order valence-corrected chi connectivity index (χ1v) is 12.9. The number of likely N-dealkylation sites (N-methyl/N-ethyl adjacent to an activating group) is 1. The van der Waals surface area contributed by atoms with E-state index in [1.165, 1.54) is 7.11 Å². The van der Waals surface area contributed by atoms with E-state index in [1.54, 1.807) is 0 Å². The van der Waals surface area contributed by atoms with E-state index < -0.39 is 42.4 Å². The molecule has 25 heavy (non-hydrogen) atoms. The van der Waals surface area contributed by atoms with Crippen LogP contribution < -0.4 is 5.11 Å². The summed E-state index contributed by atoms with van der Waals surface area (Å²) in [6.45, 7) is 7.11. The van der Waals surface area contributed by atoms with Gasteiger partial charge in [0.25, 0.3) is 0 Å². The van der Waals surface area contributed by atoms with Crippen molar-refractivity contribution < 1.29 is 36.2 Å². The Bertz CT molecular complexity index is 327. The molecule has 0 saturated heterocycles. The van der Waals surface area contributed by atoms with E-state index in [0.29, 0.717) is 4.90 Å². The molecular weight excluding hydrogens is 414 g/mol. The van der Waals surface area contributed by atoms with Gasteiger partial charge in [0.2, 0.25) is 0 Å². The average Bonchev–Trinajstić information content (AvgIpc) is 2.32. The Labute approximate surface area is 178 Å². The molecule has 0 radical (unpaired) electrons. The molecule has 0 spiro atoms. The summed E-state index contributed by atoms with van der Waals surface area (Å²) in [7, 11) is 1.15. The van der Waals surface area contributed by atoms with Gasteiger partial charge in [-0.05, 0) is 7.05 Å². The third-order valence-corrected chi connectivity index (χ3v) is 7.45. The van der Waals surface area contributed by atoms with Crippen LogP contribution in [0.2, 0.25) is 26.2 Å². The molecule has 0 amide bonds. The molecule has 13 heteroatoms. The Morgan fingerprint density at radius 1 is 0.960 bits per heavy atom. The number of halogens is 6. The molecule has 148 valence electrons. The number of methoxy groups -OCH3 is 1. The van der Waals surface area contributed by atoms with Gasteiger partial charge in [-0.2, -0.15) is 26.3 Å². The van der Waals surface area contributed by atoms with Crippen LogP contribution in [-0.4, -0.2) is 112 Å². The molecule has 0 N–H and O–H groups in total. The van der Waals surface area contributed by atoms with Crippen LogP contribution in [0, 0.1) is 0 Å². The minimum absolute atomic E-state index is 0.